The lowest BCUT2D eigenvalue weighted by Crippen LogP contribution is -1.83. The molecule has 0 amide bonds. The average molecular weight is 362 g/mol. The number of fused-ring (bicyclic) bond motifs is 3. The van der Waals surface area contributed by atoms with Gasteiger partial charge in [-0.05, 0) is 11.6 Å². The minimum atomic E-state index is 0.721. The van der Waals surface area contributed by atoms with Crippen LogP contribution in [0.15, 0.2) is 27.1 Å². The summed E-state index contributed by atoms with van der Waals surface area (Å²) in [6.45, 7) is 0. The van der Waals surface area contributed by atoms with Crippen molar-refractivity contribution < 1.29 is 4.42 Å². The molecule has 0 bridgehead atoms. The van der Waals surface area contributed by atoms with Crippen LogP contribution in [0.25, 0.3) is 11.3 Å². The summed E-state index contributed by atoms with van der Waals surface area (Å²) in [5.74, 6) is 0.983. The summed E-state index contributed by atoms with van der Waals surface area (Å²) in [6.07, 6.45) is 0.849. The third kappa shape index (κ3) is 1.16. The van der Waals surface area contributed by atoms with Gasteiger partial charge < -0.3 is 4.42 Å². The Labute approximate surface area is 103 Å². The molecule has 0 N–H and O–H groups in total. The SMILES string of the molecule is Brc1cccc2c1Cc1oc(I)nc1-2. The third-order valence-corrected chi connectivity index (χ3v) is 3.59. The van der Waals surface area contributed by atoms with Gasteiger partial charge in [0.05, 0.1) is 0 Å². The van der Waals surface area contributed by atoms with Crippen molar-refractivity contribution in [1.29, 1.82) is 0 Å². The van der Waals surface area contributed by atoms with E-state index in [0.29, 0.717) is 0 Å². The van der Waals surface area contributed by atoms with E-state index in [1.807, 2.05) is 6.07 Å². The fraction of sp³-hybridized carbons (Fsp3) is 0.100. The first-order chi connectivity index (χ1) is 6.75. The Kier molecular flexibility index (Phi) is 1.95. The number of benzene rings is 1. The van der Waals surface area contributed by atoms with Crippen LogP contribution >= 0.6 is 38.5 Å². The van der Waals surface area contributed by atoms with Gasteiger partial charge in [0.2, 0.25) is 0 Å². The van der Waals surface area contributed by atoms with Crippen LogP contribution in [-0.4, -0.2) is 4.98 Å². The molecule has 2 nitrogen and oxygen atoms in total. The van der Waals surface area contributed by atoms with Gasteiger partial charge >= 0.3 is 0 Å². The number of hydrogen-bond donors (Lipinski definition) is 0. The molecule has 2 aromatic rings. The molecule has 1 aliphatic carbocycles. The van der Waals surface area contributed by atoms with E-state index >= 15 is 0 Å². The summed E-state index contributed by atoms with van der Waals surface area (Å²) in [4.78, 5) is 4.37. The number of aromatic nitrogens is 1. The number of hydrogen-bond acceptors (Lipinski definition) is 2. The van der Waals surface area contributed by atoms with Crippen LogP contribution < -0.4 is 0 Å². The van der Waals surface area contributed by atoms with Crippen LogP contribution in [0.2, 0.25) is 0 Å². The second kappa shape index (κ2) is 3.06. The molecule has 0 saturated heterocycles. The second-order valence-corrected chi connectivity index (χ2v) is 4.96. The van der Waals surface area contributed by atoms with Gasteiger partial charge in [-0.3, -0.25) is 0 Å². The summed E-state index contributed by atoms with van der Waals surface area (Å²) in [5.41, 5.74) is 3.48. The lowest BCUT2D eigenvalue weighted by Gasteiger charge is -2.00. The van der Waals surface area contributed by atoms with Gasteiger partial charge in [-0.25, -0.2) is 4.98 Å². The standard InChI is InChI=1S/C10H5BrINO/c11-7-3-1-2-5-6(7)4-8-9(5)13-10(12)14-8/h1-3H,4H2. The molecule has 0 radical (unpaired) electrons. The first-order valence-corrected chi connectivity index (χ1v) is 6.06. The first kappa shape index (κ1) is 8.91. The Hall–Kier alpha value is -0.360. The molecular weight excluding hydrogens is 357 g/mol. The van der Waals surface area contributed by atoms with Crippen molar-refractivity contribution in [3.8, 4) is 11.3 Å². The molecule has 1 aromatic carbocycles. The molecule has 0 fully saturated rings. The highest BCUT2D eigenvalue weighted by Gasteiger charge is 2.25. The fourth-order valence-corrected chi connectivity index (χ4v) is 2.79. The molecule has 0 aliphatic heterocycles. The molecular formula is C10H5BrINO. The predicted molar refractivity (Wildman–Crippen MR) is 65.2 cm³/mol. The van der Waals surface area contributed by atoms with E-state index in [4.69, 9.17) is 4.42 Å². The van der Waals surface area contributed by atoms with Gasteiger partial charge in [-0.2, -0.15) is 0 Å². The van der Waals surface area contributed by atoms with Gasteiger partial charge in [-0.15, -0.1) is 0 Å². The Morgan fingerprint density at radius 3 is 3.14 bits per heavy atom. The summed E-state index contributed by atoms with van der Waals surface area (Å²) in [5, 5.41) is 0. The number of rotatable bonds is 0. The smallest absolute Gasteiger partial charge is 0.257 e. The van der Waals surface area contributed by atoms with Gasteiger partial charge in [0.15, 0.2) is 0 Å². The molecule has 0 spiro atoms. The zero-order valence-electron chi connectivity index (χ0n) is 7.05. The van der Waals surface area contributed by atoms with E-state index in [-0.39, 0.29) is 0 Å². The fourth-order valence-electron chi connectivity index (χ4n) is 1.77. The summed E-state index contributed by atoms with van der Waals surface area (Å²) in [7, 11) is 0. The molecule has 0 atom stereocenters. The molecule has 0 unspecified atom stereocenters. The Bertz CT molecular complexity index is 521. The quantitative estimate of drug-likeness (QED) is 0.572. The molecule has 14 heavy (non-hydrogen) atoms. The highest BCUT2D eigenvalue weighted by molar-refractivity contribution is 14.1. The molecule has 1 heterocycles. The van der Waals surface area contributed by atoms with Crippen molar-refractivity contribution >= 4 is 38.5 Å². The van der Waals surface area contributed by atoms with Crippen LogP contribution in [0.1, 0.15) is 11.3 Å². The molecule has 3 rings (SSSR count). The molecule has 4 heteroatoms. The largest absolute Gasteiger partial charge is 0.436 e. The van der Waals surface area contributed by atoms with Crippen molar-refractivity contribution in [2.45, 2.75) is 6.42 Å². The van der Waals surface area contributed by atoms with Crippen molar-refractivity contribution in [2.75, 3.05) is 0 Å². The van der Waals surface area contributed by atoms with E-state index in [1.165, 1.54) is 11.1 Å². The normalized spacial score (nSPS) is 12.7. The van der Waals surface area contributed by atoms with Crippen LogP contribution in [-0.2, 0) is 6.42 Å². The van der Waals surface area contributed by atoms with Crippen molar-refractivity contribution in [2.24, 2.45) is 0 Å². The Morgan fingerprint density at radius 1 is 1.43 bits per heavy atom. The minimum Gasteiger partial charge on any atom is -0.436 e. The van der Waals surface area contributed by atoms with E-state index < -0.39 is 0 Å². The number of oxazole rings is 1. The minimum absolute atomic E-state index is 0.721. The summed E-state index contributed by atoms with van der Waals surface area (Å²) >= 11 is 5.64. The lowest BCUT2D eigenvalue weighted by atomic mass is 10.1. The zero-order valence-corrected chi connectivity index (χ0v) is 10.8. The maximum absolute atomic E-state index is 5.52. The van der Waals surface area contributed by atoms with E-state index in [9.17, 15) is 0 Å². The third-order valence-electron chi connectivity index (χ3n) is 2.38. The van der Waals surface area contributed by atoms with Gasteiger partial charge in [-0.1, -0.05) is 28.1 Å². The van der Waals surface area contributed by atoms with Crippen LogP contribution in [0.3, 0.4) is 0 Å². The number of halogens is 2. The Morgan fingerprint density at radius 2 is 2.29 bits per heavy atom. The lowest BCUT2D eigenvalue weighted by molar-refractivity contribution is 0.488. The Balaban J connectivity index is 2.30. The number of nitrogens with zero attached hydrogens (tertiary/aromatic N) is 1. The van der Waals surface area contributed by atoms with E-state index in [1.54, 1.807) is 0 Å². The maximum Gasteiger partial charge on any atom is 0.257 e. The second-order valence-electron chi connectivity index (χ2n) is 3.18. The van der Waals surface area contributed by atoms with E-state index in [0.717, 1.165) is 26.2 Å². The van der Waals surface area contributed by atoms with Crippen LogP contribution in [0.5, 0.6) is 0 Å². The van der Waals surface area contributed by atoms with Crippen molar-refractivity contribution in [3.63, 3.8) is 0 Å². The van der Waals surface area contributed by atoms with Gasteiger partial charge in [0.1, 0.15) is 11.5 Å². The molecule has 1 aromatic heterocycles. The van der Waals surface area contributed by atoms with Crippen molar-refractivity contribution in [3.05, 3.63) is 37.9 Å². The summed E-state index contributed by atoms with van der Waals surface area (Å²) < 4.78 is 7.38. The van der Waals surface area contributed by atoms with Gasteiger partial charge in [0.25, 0.3) is 3.90 Å². The maximum atomic E-state index is 5.52. The van der Waals surface area contributed by atoms with Gasteiger partial charge in [0, 0.05) is 39.0 Å². The molecule has 0 saturated carbocycles. The van der Waals surface area contributed by atoms with Crippen LogP contribution in [0, 0.1) is 3.90 Å². The van der Waals surface area contributed by atoms with E-state index in [2.05, 4.69) is 55.6 Å². The first-order valence-electron chi connectivity index (χ1n) is 4.18. The van der Waals surface area contributed by atoms with Crippen molar-refractivity contribution in [1.82, 2.24) is 4.98 Å². The molecule has 1 aliphatic rings. The highest BCUT2D eigenvalue weighted by Crippen LogP contribution is 2.39. The molecule has 70 valence electrons. The topological polar surface area (TPSA) is 26.0 Å². The highest BCUT2D eigenvalue weighted by atomic mass is 127. The summed E-state index contributed by atoms with van der Waals surface area (Å²) in [6, 6.07) is 6.17. The van der Waals surface area contributed by atoms with Crippen LogP contribution in [0.4, 0.5) is 0 Å². The predicted octanol–water partition coefficient (Wildman–Crippen LogP) is 3.61. The average Bonchev–Trinajstić information content (AvgIpc) is 2.63. The zero-order chi connectivity index (χ0) is 9.71. The monoisotopic (exact) mass is 361 g/mol.